The van der Waals surface area contributed by atoms with Crippen LogP contribution in [0.25, 0.3) is 17.3 Å². The summed E-state index contributed by atoms with van der Waals surface area (Å²) in [6.07, 6.45) is 2.63. The van der Waals surface area contributed by atoms with Gasteiger partial charge >= 0.3 is 0 Å². The van der Waals surface area contributed by atoms with Crippen molar-refractivity contribution < 1.29 is 14.7 Å². The van der Waals surface area contributed by atoms with E-state index in [9.17, 15) is 14.7 Å². The van der Waals surface area contributed by atoms with Gasteiger partial charge in [0.05, 0.1) is 5.69 Å². The number of carbonyl (C=O) groups excluding carboxylic acids is 2. The van der Waals surface area contributed by atoms with Gasteiger partial charge in [-0.15, -0.1) is 0 Å². The summed E-state index contributed by atoms with van der Waals surface area (Å²) in [5.74, 6) is -2.06. The minimum absolute atomic E-state index is 0.0925. The van der Waals surface area contributed by atoms with E-state index in [0.29, 0.717) is 21.8 Å². The maximum absolute atomic E-state index is 11.2. The molecule has 0 radical (unpaired) electrons. The van der Waals surface area contributed by atoms with E-state index in [1.807, 2.05) is 0 Å². The number of amides is 1. The van der Waals surface area contributed by atoms with Crippen LogP contribution in [0.4, 0.5) is 0 Å². The molecule has 0 aliphatic carbocycles. The first-order chi connectivity index (χ1) is 11.4. The van der Waals surface area contributed by atoms with E-state index in [1.165, 1.54) is 17.0 Å². The van der Waals surface area contributed by atoms with E-state index in [1.54, 1.807) is 30.3 Å². The quantitative estimate of drug-likeness (QED) is 0.611. The van der Waals surface area contributed by atoms with E-state index in [4.69, 9.17) is 22.6 Å². The third-order valence-corrected chi connectivity index (χ3v) is 3.39. The van der Waals surface area contributed by atoms with Crippen LogP contribution in [0.3, 0.4) is 0 Å². The fourth-order valence-corrected chi connectivity index (χ4v) is 2.13. The molecule has 2 aromatic rings. The van der Waals surface area contributed by atoms with E-state index < -0.39 is 11.9 Å². The van der Waals surface area contributed by atoms with Crippen LogP contribution in [0.5, 0.6) is 0 Å². The van der Waals surface area contributed by atoms with Gasteiger partial charge in [0.15, 0.2) is 0 Å². The van der Waals surface area contributed by atoms with E-state index in [-0.39, 0.29) is 18.5 Å². The van der Waals surface area contributed by atoms with Gasteiger partial charge in [-0.3, -0.25) is 9.48 Å². The molecule has 0 bridgehead atoms. The summed E-state index contributed by atoms with van der Waals surface area (Å²) in [6.45, 7) is 0.0925. The number of benzene rings is 1. The minimum atomic E-state index is -1.20. The Morgan fingerprint density at radius 3 is 2.58 bits per heavy atom. The molecule has 0 spiro atoms. The molecule has 1 amide bonds. The molecule has 0 saturated heterocycles. The monoisotopic (exact) mass is 343 g/mol. The normalized spacial score (nSPS) is 11.1. The van der Waals surface area contributed by atoms with Gasteiger partial charge < -0.3 is 15.6 Å². The van der Waals surface area contributed by atoms with Gasteiger partial charge in [0.1, 0.15) is 11.6 Å². The summed E-state index contributed by atoms with van der Waals surface area (Å²) in [7, 11) is 0. The molecule has 1 aromatic heterocycles. The lowest BCUT2D eigenvalue weighted by Gasteiger charge is -2.02. The second-order valence-corrected chi connectivity index (χ2v) is 5.30. The molecule has 0 saturated carbocycles. The molecule has 2 rings (SSSR count). The number of nitrogens with zero attached hydrogens (tertiary/aromatic N) is 3. The van der Waals surface area contributed by atoms with Crippen molar-refractivity contribution in [1.29, 1.82) is 5.26 Å². The first-order valence-corrected chi connectivity index (χ1v) is 7.23. The van der Waals surface area contributed by atoms with Crippen molar-refractivity contribution in [2.24, 2.45) is 5.73 Å². The Kier molecular flexibility index (Phi) is 5.35. The third kappa shape index (κ3) is 4.21. The Hall–Kier alpha value is -3.11. The maximum atomic E-state index is 11.2. The average Bonchev–Trinajstić information content (AvgIpc) is 2.94. The number of carboxylic acid groups (broad SMARTS) is 1. The zero-order chi connectivity index (χ0) is 17.7. The predicted molar refractivity (Wildman–Crippen MR) is 85.1 cm³/mol. The highest BCUT2D eigenvalue weighted by molar-refractivity contribution is 6.30. The molecule has 7 nitrogen and oxygen atoms in total. The van der Waals surface area contributed by atoms with Gasteiger partial charge in [-0.05, 0) is 18.2 Å². The summed E-state index contributed by atoms with van der Waals surface area (Å²) >= 11 is 5.86. The lowest BCUT2D eigenvalue weighted by molar-refractivity contribution is -0.306. The highest BCUT2D eigenvalue weighted by atomic mass is 35.5. The Balaban J connectivity index is 2.50. The SMILES string of the molecule is N#C/C(=C/c1cn(CCC(=O)[O-])nc1-c1ccc(Cl)cc1)C(N)=O. The van der Waals surface area contributed by atoms with Crippen LogP contribution in [0, 0.1) is 11.3 Å². The lowest BCUT2D eigenvalue weighted by Crippen LogP contribution is -2.23. The number of aliphatic carboxylic acids is 1. The average molecular weight is 344 g/mol. The van der Waals surface area contributed by atoms with E-state index >= 15 is 0 Å². The van der Waals surface area contributed by atoms with Crippen LogP contribution >= 0.6 is 11.6 Å². The second-order valence-electron chi connectivity index (χ2n) is 4.86. The van der Waals surface area contributed by atoms with Gasteiger partial charge in [0.2, 0.25) is 0 Å². The van der Waals surface area contributed by atoms with Gasteiger partial charge in [-0.2, -0.15) is 10.4 Å². The molecule has 8 heteroatoms. The first-order valence-electron chi connectivity index (χ1n) is 6.85. The number of aryl methyl sites for hydroxylation is 1. The summed E-state index contributed by atoms with van der Waals surface area (Å²) in [6, 6.07) is 8.51. The minimum Gasteiger partial charge on any atom is -0.550 e. The molecule has 1 heterocycles. The van der Waals surface area contributed by atoms with Gasteiger partial charge in [0, 0.05) is 41.3 Å². The largest absolute Gasteiger partial charge is 0.550 e. The number of primary amides is 1. The maximum Gasteiger partial charge on any atom is 0.259 e. The third-order valence-electron chi connectivity index (χ3n) is 3.14. The van der Waals surface area contributed by atoms with Gasteiger partial charge in [-0.25, -0.2) is 0 Å². The zero-order valence-electron chi connectivity index (χ0n) is 12.4. The van der Waals surface area contributed by atoms with Crippen molar-refractivity contribution in [2.45, 2.75) is 13.0 Å². The number of aromatic nitrogens is 2. The molecule has 0 aliphatic rings. The standard InChI is InChI=1S/C16H13ClN4O3/c17-13-3-1-10(2-4-13)15-12(7-11(8-18)16(19)24)9-21(20-15)6-5-14(22)23/h1-4,7,9H,5-6H2,(H2,19,24)(H,22,23)/p-1/b11-7-. The predicted octanol–water partition coefficient (Wildman–Crippen LogP) is 0.736. The van der Waals surface area contributed by atoms with Crippen molar-refractivity contribution in [3.05, 3.63) is 46.6 Å². The Labute approximate surface area is 142 Å². The summed E-state index contributed by atoms with van der Waals surface area (Å²) in [5.41, 5.74) is 6.55. The molecule has 0 fully saturated rings. The van der Waals surface area contributed by atoms with Gasteiger partial charge in [0.25, 0.3) is 5.91 Å². The molecule has 1 aromatic carbocycles. The van der Waals surface area contributed by atoms with Crippen LogP contribution in [-0.2, 0) is 16.1 Å². The fourth-order valence-electron chi connectivity index (χ4n) is 2.01. The zero-order valence-corrected chi connectivity index (χ0v) is 13.2. The highest BCUT2D eigenvalue weighted by Crippen LogP contribution is 2.25. The summed E-state index contributed by atoms with van der Waals surface area (Å²) in [4.78, 5) is 21.9. The number of hydrogen-bond donors (Lipinski definition) is 1. The number of hydrogen-bond acceptors (Lipinski definition) is 5. The fraction of sp³-hybridized carbons (Fsp3) is 0.125. The van der Waals surface area contributed by atoms with E-state index in [0.717, 1.165) is 0 Å². The number of rotatable bonds is 6. The van der Waals surface area contributed by atoms with Crippen molar-refractivity contribution in [3.8, 4) is 17.3 Å². The second kappa shape index (κ2) is 7.44. The van der Waals surface area contributed by atoms with Crippen molar-refractivity contribution >= 4 is 29.6 Å². The number of halogens is 1. The van der Waals surface area contributed by atoms with E-state index in [2.05, 4.69) is 5.10 Å². The van der Waals surface area contributed by atoms with Crippen LogP contribution in [0.15, 0.2) is 36.0 Å². The van der Waals surface area contributed by atoms with Crippen LogP contribution in [0.1, 0.15) is 12.0 Å². The highest BCUT2D eigenvalue weighted by Gasteiger charge is 2.13. The van der Waals surface area contributed by atoms with Crippen molar-refractivity contribution in [3.63, 3.8) is 0 Å². The smallest absolute Gasteiger partial charge is 0.259 e. The molecule has 0 atom stereocenters. The van der Waals surface area contributed by atoms with Crippen LogP contribution < -0.4 is 10.8 Å². The number of carboxylic acids is 1. The molecule has 122 valence electrons. The molecule has 2 N–H and O–H groups in total. The summed E-state index contributed by atoms with van der Waals surface area (Å²) in [5, 5.41) is 24.4. The molecular weight excluding hydrogens is 332 g/mol. The van der Waals surface area contributed by atoms with Crippen LogP contribution in [-0.4, -0.2) is 21.7 Å². The number of nitrogens with two attached hydrogens (primary N) is 1. The lowest BCUT2D eigenvalue weighted by atomic mass is 10.1. The summed E-state index contributed by atoms with van der Waals surface area (Å²) < 4.78 is 1.40. The molecular formula is C16H12ClN4O3-. The number of carbonyl (C=O) groups is 2. The molecule has 24 heavy (non-hydrogen) atoms. The molecule has 0 unspecified atom stereocenters. The Morgan fingerprint density at radius 2 is 2.04 bits per heavy atom. The Bertz CT molecular complexity index is 847. The Morgan fingerprint density at radius 1 is 1.38 bits per heavy atom. The molecule has 0 aliphatic heterocycles. The van der Waals surface area contributed by atoms with Gasteiger partial charge in [-0.1, -0.05) is 23.7 Å². The number of nitriles is 1. The van der Waals surface area contributed by atoms with Crippen molar-refractivity contribution in [2.75, 3.05) is 0 Å². The first kappa shape index (κ1) is 17.2. The van der Waals surface area contributed by atoms with Crippen molar-refractivity contribution in [1.82, 2.24) is 9.78 Å². The van der Waals surface area contributed by atoms with Crippen LogP contribution in [0.2, 0.25) is 5.02 Å². The topological polar surface area (TPSA) is 125 Å².